The molecule has 0 spiro atoms. The molecule has 72 valence electrons. The Morgan fingerprint density at radius 1 is 1.15 bits per heavy atom. The zero-order valence-electron chi connectivity index (χ0n) is 8.44. The van der Waals surface area contributed by atoms with Gasteiger partial charge in [-0.2, -0.15) is 0 Å². The molecule has 0 aliphatic rings. The normalized spacial score (nSPS) is 16.2. The summed E-state index contributed by atoms with van der Waals surface area (Å²) in [5.41, 5.74) is 0. The third kappa shape index (κ3) is 7.26. The molecule has 0 aliphatic heterocycles. The summed E-state index contributed by atoms with van der Waals surface area (Å²) in [5.74, 6) is 0.609. The third-order valence-corrected chi connectivity index (χ3v) is 1.77. The van der Waals surface area contributed by atoms with Crippen LogP contribution in [0.2, 0.25) is 0 Å². The predicted octanol–water partition coefficient (Wildman–Crippen LogP) is 3.15. The van der Waals surface area contributed by atoms with Crippen molar-refractivity contribution in [3.63, 3.8) is 0 Å². The Morgan fingerprint density at radius 2 is 1.85 bits per heavy atom. The van der Waals surface area contributed by atoms with Crippen LogP contribution in [0.5, 0.6) is 0 Å². The lowest BCUT2D eigenvalue weighted by molar-refractivity contribution is -0.110. The Morgan fingerprint density at radius 3 is 2.38 bits per heavy atom. The van der Waals surface area contributed by atoms with Gasteiger partial charge in [0.15, 0.2) is 0 Å². The molecule has 2 atom stereocenters. The fourth-order valence-electron chi connectivity index (χ4n) is 1.12. The minimum Gasteiger partial charge on any atom is -0.303 e. The highest BCUT2D eigenvalue weighted by Crippen LogP contribution is 2.10. The number of carbonyl (C=O) groups is 1. The van der Waals surface area contributed by atoms with Crippen molar-refractivity contribution in [1.82, 2.24) is 0 Å². The third-order valence-electron chi connectivity index (χ3n) is 1.77. The zero-order chi connectivity index (χ0) is 10.1. The van der Waals surface area contributed by atoms with Crippen molar-refractivity contribution in [1.29, 1.82) is 0 Å². The maximum atomic E-state index is 10.4. The van der Waals surface area contributed by atoms with Crippen LogP contribution in [0.4, 0.5) is 0 Å². The molecule has 0 heterocycles. The van der Waals surface area contributed by atoms with Crippen molar-refractivity contribution >= 4 is 6.29 Å². The van der Waals surface area contributed by atoms with Crippen molar-refractivity contribution in [3.05, 3.63) is 37.0 Å². The molecule has 1 heteroatoms. The Kier molecular flexibility index (Phi) is 6.89. The summed E-state index contributed by atoms with van der Waals surface area (Å²) in [6, 6.07) is 0. The standard InChI is InChI=1S/C12H18O/c1-4-5-6-7-8-11(2)9-12(3)10-13/h4-8,10-12H,1,9H2,2-3H3/b6-5+,8-7+/t11-,12?/m1/s1. The lowest BCUT2D eigenvalue weighted by Crippen LogP contribution is -2.01. The first-order valence-electron chi connectivity index (χ1n) is 4.62. The van der Waals surface area contributed by atoms with E-state index in [0.29, 0.717) is 5.92 Å². The highest BCUT2D eigenvalue weighted by atomic mass is 16.1. The molecule has 0 aliphatic carbocycles. The lowest BCUT2D eigenvalue weighted by atomic mass is 9.98. The molecule has 0 bridgehead atoms. The number of hydrogen-bond donors (Lipinski definition) is 0. The van der Waals surface area contributed by atoms with Crippen LogP contribution in [-0.4, -0.2) is 6.29 Å². The molecule has 0 rings (SSSR count). The zero-order valence-corrected chi connectivity index (χ0v) is 8.44. The maximum Gasteiger partial charge on any atom is 0.122 e. The maximum absolute atomic E-state index is 10.4. The van der Waals surface area contributed by atoms with E-state index in [0.717, 1.165) is 12.7 Å². The molecule has 0 amide bonds. The molecule has 1 unspecified atom stereocenters. The van der Waals surface area contributed by atoms with Crippen molar-refractivity contribution < 1.29 is 4.79 Å². The average molecular weight is 178 g/mol. The number of hydrogen-bond acceptors (Lipinski definition) is 1. The van der Waals surface area contributed by atoms with E-state index in [1.165, 1.54) is 0 Å². The van der Waals surface area contributed by atoms with Gasteiger partial charge >= 0.3 is 0 Å². The molecule has 1 nitrogen and oxygen atoms in total. The lowest BCUT2D eigenvalue weighted by Gasteiger charge is -2.06. The van der Waals surface area contributed by atoms with Crippen LogP contribution in [0.25, 0.3) is 0 Å². The van der Waals surface area contributed by atoms with Crippen LogP contribution in [0.15, 0.2) is 37.0 Å². The van der Waals surface area contributed by atoms with E-state index in [-0.39, 0.29) is 5.92 Å². The van der Waals surface area contributed by atoms with Gasteiger partial charge in [-0.1, -0.05) is 50.8 Å². The van der Waals surface area contributed by atoms with E-state index in [9.17, 15) is 4.79 Å². The second kappa shape index (κ2) is 7.53. The molecule has 0 aromatic carbocycles. The van der Waals surface area contributed by atoms with Crippen LogP contribution < -0.4 is 0 Å². The van der Waals surface area contributed by atoms with Crippen molar-refractivity contribution in [2.75, 3.05) is 0 Å². The second-order valence-electron chi connectivity index (χ2n) is 3.33. The van der Waals surface area contributed by atoms with Gasteiger partial charge in [0.25, 0.3) is 0 Å². The first-order chi connectivity index (χ1) is 6.20. The topological polar surface area (TPSA) is 17.1 Å². The van der Waals surface area contributed by atoms with Crippen LogP contribution in [-0.2, 0) is 4.79 Å². The van der Waals surface area contributed by atoms with Crippen LogP contribution in [0.3, 0.4) is 0 Å². The van der Waals surface area contributed by atoms with Crippen molar-refractivity contribution in [3.8, 4) is 0 Å². The molecule has 0 saturated heterocycles. The molecular weight excluding hydrogens is 160 g/mol. The molecule has 13 heavy (non-hydrogen) atoms. The highest BCUT2D eigenvalue weighted by molar-refractivity contribution is 5.52. The Hall–Kier alpha value is -1.11. The van der Waals surface area contributed by atoms with Crippen LogP contribution in [0.1, 0.15) is 20.3 Å². The minimum absolute atomic E-state index is 0.156. The SMILES string of the molecule is C=C/C=C/C=C/[C@@H](C)CC(C)C=O. The number of carbonyl (C=O) groups excluding carboxylic acids is 1. The molecule has 0 aromatic heterocycles. The van der Waals surface area contributed by atoms with Gasteiger partial charge in [0.2, 0.25) is 0 Å². The van der Waals surface area contributed by atoms with E-state index in [1.807, 2.05) is 25.2 Å². The summed E-state index contributed by atoms with van der Waals surface area (Å²) in [7, 11) is 0. The summed E-state index contributed by atoms with van der Waals surface area (Å²) in [5, 5.41) is 0. The van der Waals surface area contributed by atoms with E-state index in [2.05, 4.69) is 19.6 Å². The second-order valence-corrected chi connectivity index (χ2v) is 3.33. The van der Waals surface area contributed by atoms with Gasteiger partial charge in [-0.05, 0) is 12.3 Å². The van der Waals surface area contributed by atoms with Crippen molar-refractivity contribution in [2.45, 2.75) is 20.3 Å². The number of rotatable bonds is 6. The Labute approximate surface area is 80.8 Å². The van der Waals surface area contributed by atoms with Gasteiger partial charge in [-0.3, -0.25) is 0 Å². The minimum atomic E-state index is 0.156. The number of aldehydes is 1. The van der Waals surface area contributed by atoms with E-state index >= 15 is 0 Å². The summed E-state index contributed by atoms with van der Waals surface area (Å²) < 4.78 is 0. The van der Waals surface area contributed by atoms with Gasteiger partial charge in [-0.25, -0.2) is 0 Å². The molecule has 0 N–H and O–H groups in total. The molecule has 0 fully saturated rings. The molecular formula is C12H18O. The first kappa shape index (κ1) is 11.9. The molecule has 0 aromatic rings. The van der Waals surface area contributed by atoms with Gasteiger partial charge in [0, 0.05) is 5.92 Å². The van der Waals surface area contributed by atoms with Crippen LogP contribution >= 0.6 is 0 Å². The summed E-state index contributed by atoms with van der Waals surface area (Å²) in [4.78, 5) is 10.4. The van der Waals surface area contributed by atoms with Gasteiger partial charge in [0.1, 0.15) is 6.29 Å². The van der Waals surface area contributed by atoms with Gasteiger partial charge < -0.3 is 4.79 Å². The van der Waals surface area contributed by atoms with E-state index < -0.39 is 0 Å². The van der Waals surface area contributed by atoms with E-state index in [4.69, 9.17) is 0 Å². The average Bonchev–Trinajstić information content (AvgIpc) is 2.12. The quantitative estimate of drug-likeness (QED) is 0.451. The molecule has 0 saturated carbocycles. The Balaban J connectivity index is 3.78. The van der Waals surface area contributed by atoms with Crippen LogP contribution in [0, 0.1) is 11.8 Å². The smallest absolute Gasteiger partial charge is 0.122 e. The van der Waals surface area contributed by atoms with E-state index in [1.54, 1.807) is 6.08 Å². The van der Waals surface area contributed by atoms with Crippen molar-refractivity contribution in [2.24, 2.45) is 11.8 Å². The fourth-order valence-corrected chi connectivity index (χ4v) is 1.12. The number of allylic oxidation sites excluding steroid dienone is 5. The summed E-state index contributed by atoms with van der Waals surface area (Å²) in [6.07, 6.45) is 11.6. The van der Waals surface area contributed by atoms with Gasteiger partial charge in [0.05, 0.1) is 0 Å². The summed E-state index contributed by atoms with van der Waals surface area (Å²) in [6.45, 7) is 7.62. The summed E-state index contributed by atoms with van der Waals surface area (Å²) >= 11 is 0. The largest absolute Gasteiger partial charge is 0.303 e. The highest BCUT2D eigenvalue weighted by Gasteiger charge is 2.03. The first-order valence-corrected chi connectivity index (χ1v) is 4.62. The fraction of sp³-hybridized carbons (Fsp3) is 0.417. The monoisotopic (exact) mass is 178 g/mol. The molecule has 0 radical (unpaired) electrons. The predicted molar refractivity (Wildman–Crippen MR) is 57.5 cm³/mol. The van der Waals surface area contributed by atoms with Gasteiger partial charge in [-0.15, -0.1) is 0 Å². The Bertz CT molecular complexity index is 201.